The number of rotatable bonds is 6. The second kappa shape index (κ2) is 7.99. The van der Waals surface area contributed by atoms with Gasteiger partial charge in [0.05, 0.1) is 0 Å². The van der Waals surface area contributed by atoms with E-state index in [4.69, 9.17) is 5.11 Å². The van der Waals surface area contributed by atoms with E-state index in [1.54, 1.807) is 0 Å². The van der Waals surface area contributed by atoms with Gasteiger partial charge in [0, 0.05) is 25.6 Å². The van der Waals surface area contributed by atoms with Crippen molar-refractivity contribution in [2.24, 2.45) is 5.92 Å². The van der Waals surface area contributed by atoms with Gasteiger partial charge in [0.1, 0.15) is 0 Å². The van der Waals surface area contributed by atoms with E-state index in [2.05, 4.69) is 16.7 Å². The Morgan fingerprint density at radius 1 is 1.20 bits per heavy atom. The minimum atomic E-state index is -0.666. The van der Waals surface area contributed by atoms with Crippen LogP contribution in [0.15, 0.2) is 0 Å². The Balaban J connectivity index is 1.71. The Morgan fingerprint density at radius 3 is 2.80 bits per heavy atom. The van der Waals surface area contributed by atoms with Gasteiger partial charge in [0.2, 0.25) is 0 Å². The molecule has 0 aliphatic carbocycles. The van der Waals surface area contributed by atoms with Crippen molar-refractivity contribution in [3.63, 3.8) is 0 Å². The van der Waals surface area contributed by atoms with Gasteiger partial charge in [0.25, 0.3) is 0 Å². The second-order valence-corrected chi connectivity index (χ2v) is 6.65. The van der Waals surface area contributed by atoms with Crippen LogP contribution in [-0.2, 0) is 4.79 Å². The van der Waals surface area contributed by atoms with E-state index in [1.807, 2.05) is 0 Å². The van der Waals surface area contributed by atoms with Crippen LogP contribution >= 0.6 is 0 Å². The number of carboxylic acid groups (broad SMARTS) is 1. The van der Waals surface area contributed by atoms with Crippen molar-refractivity contribution in [3.8, 4) is 0 Å². The van der Waals surface area contributed by atoms with Crippen molar-refractivity contribution in [1.29, 1.82) is 0 Å². The van der Waals surface area contributed by atoms with Crippen LogP contribution in [0.1, 0.15) is 51.9 Å². The smallest absolute Gasteiger partial charge is 0.303 e. The quantitative estimate of drug-likeness (QED) is 0.812. The summed E-state index contributed by atoms with van der Waals surface area (Å²) < 4.78 is 0. The van der Waals surface area contributed by atoms with Crippen molar-refractivity contribution < 1.29 is 9.90 Å². The van der Waals surface area contributed by atoms with Crippen LogP contribution in [0.4, 0.5) is 0 Å². The third kappa shape index (κ3) is 5.06. The standard InChI is InChI=1S/C16H30N2O2/c1-14-6-2-3-11-18(14)13-15-7-4-9-17(12-15)10-5-8-16(19)20/h14-15H,2-13H2,1H3,(H,19,20)/t14-,15+/m0/s1. The molecule has 1 N–H and O–H groups in total. The van der Waals surface area contributed by atoms with Crippen LogP contribution in [-0.4, -0.2) is 59.6 Å². The minimum absolute atomic E-state index is 0.310. The lowest BCUT2D eigenvalue weighted by atomic mass is 9.94. The number of carboxylic acids is 1. The Kier molecular flexibility index (Phi) is 6.30. The Morgan fingerprint density at radius 2 is 2.05 bits per heavy atom. The first-order chi connectivity index (χ1) is 9.65. The van der Waals surface area contributed by atoms with Crippen molar-refractivity contribution in [3.05, 3.63) is 0 Å². The number of hydrogen-bond acceptors (Lipinski definition) is 3. The number of nitrogens with zero attached hydrogens (tertiary/aromatic N) is 2. The first-order valence-corrected chi connectivity index (χ1v) is 8.33. The van der Waals surface area contributed by atoms with Gasteiger partial charge in [-0.15, -0.1) is 0 Å². The van der Waals surface area contributed by atoms with E-state index >= 15 is 0 Å². The summed E-state index contributed by atoms with van der Waals surface area (Å²) in [6.07, 6.45) is 7.84. The third-order valence-electron chi connectivity index (χ3n) is 4.90. The van der Waals surface area contributed by atoms with Crippen molar-refractivity contribution in [1.82, 2.24) is 9.80 Å². The molecule has 0 radical (unpaired) electrons. The zero-order valence-corrected chi connectivity index (χ0v) is 12.9. The molecule has 0 spiro atoms. The molecule has 20 heavy (non-hydrogen) atoms. The second-order valence-electron chi connectivity index (χ2n) is 6.65. The fraction of sp³-hybridized carbons (Fsp3) is 0.938. The van der Waals surface area contributed by atoms with E-state index in [-0.39, 0.29) is 0 Å². The summed E-state index contributed by atoms with van der Waals surface area (Å²) in [5.74, 6) is 0.120. The SMILES string of the molecule is C[C@H]1CCCCN1C[C@@H]1CCCN(CCCC(=O)O)C1. The zero-order valence-electron chi connectivity index (χ0n) is 12.9. The molecule has 0 bridgehead atoms. The summed E-state index contributed by atoms with van der Waals surface area (Å²) in [5, 5.41) is 8.72. The minimum Gasteiger partial charge on any atom is -0.481 e. The third-order valence-corrected chi connectivity index (χ3v) is 4.90. The van der Waals surface area contributed by atoms with Gasteiger partial charge in [-0.3, -0.25) is 4.79 Å². The van der Waals surface area contributed by atoms with Gasteiger partial charge in [0.15, 0.2) is 0 Å². The van der Waals surface area contributed by atoms with Gasteiger partial charge < -0.3 is 14.9 Å². The molecule has 2 atom stereocenters. The maximum atomic E-state index is 10.6. The summed E-state index contributed by atoms with van der Waals surface area (Å²) in [6.45, 7) is 8.17. The molecule has 2 saturated heterocycles. The average Bonchev–Trinajstić information content (AvgIpc) is 2.41. The Bertz CT molecular complexity index is 309. The van der Waals surface area contributed by atoms with E-state index in [0.717, 1.165) is 31.5 Å². The van der Waals surface area contributed by atoms with Crippen molar-refractivity contribution in [2.75, 3.05) is 32.7 Å². The summed E-state index contributed by atoms with van der Waals surface area (Å²) in [7, 11) is 0. The molecule has 2 aliphatic rings. The van der Waals surface area contributed by atoms with Crippen LogP contribution in [0.25, 0.3) is 0 Å². The van der Waals surface area contributed by atoms with Crippen LogP contribution in [0.2, 0.25) is 0 Å². The lowest BCUT2D eigenvalue weighted by Gasteiger charge is -2.39. The maximum Gasteiger partial charge on any atom is 0.303 e. The molecule has 0 saturated carbocycles. The fourth-order valence-electron chi connectivity index (χ4n) is 3.72. The highest BCUT2D eigenvalue weighted by atomic mass is 16.4. The number of piperidine rings is 2. The number of carbonyl (C=O) groups is 1. The van der Waals surface area contributed by atoms with Crippen LogP contribution in [0, 0.1) is 5.92 Å². The van der Waals surface area contributed by atoms with Crippen LogP contribution in [0.5, 0.6) is 0 Å². The molecule has 0 unspecified atom stereocenters. The summed E-state index contributed by atoms with van der Waals surface area (Å²) in [4.78, 5) is 15.7. The summed E-state index contributed by atoms with van der Waals surface area (Å²) >= 11 is 0. The van der Waals surface area contributed by atoms with Crippen molar-refractivity contribution in [2.45, 2.75) is 57.9 Å². The first-order valence-electron chi connectivity index (χ1n) is 8.33. The van der Waals surface area contributed by atoms with Gasteiger partial charge in [-0.05, 0) is 64.6 Å². The summed E-state index contributed by atoms with van der Waals surface area (Å²) in [6, 6.07) is 0.756. The molecular formula is C16H30N2O2. The van der Waals surface area contributed by atoms with Crippen LogP contribution < -0.4 is 0 Å². The molecule has 4 heteroatoms. The van der Waals surface area contributed by atoms with Gasteiger partial charge in [-0.25, -0.2) is 0 Å². The van der Waals surface area contributed by atoms with Crippen molar-refractivity contribution >= 4 is 5.97 Å². The molecule has 0 aromatic rings. The fourth-order valence-corrected chi connectivity index (χ4v) is 3.72. The average molecular weight is 282 g/mol. The van der Waals surface area contributed by atoms with E-state index in [0.29, 0.717) is 6.42 Å². The zero-order chi connectivity index (χ0) is 14.4. The molecular weight excluding hydrogens is 252 g/mol. The molecule has 0 aromatic carbocycles. The van der Waals surface area contributed by atoms with Gasteiger partial charge in [-0.2, -0.15) is 0 Å². The highest BCUT2D eigenvalue weighted by Gasteiger charge is 2.25. The predicted molar refractivity (Wildman–Crippen MR) is 80.9 cm³/mol. The normalized spacial score (nSPS) is 29.4. The number of hydrogen-bond donors (Lipinski definition) is 1. The molecule has 4 nitrogen and oxygen atoms in total. The molecule has 2 fully saturated rings. The molecule has 0 amide bonds. The molecule has 2 rings (SSSR count). The molecule has 2 heterocycles. The topological polar surface area (TPSA) is 43.8 Å². The van der Waals surface area contributed by atoms with E-state index in [1.165, 1.54) is 51.7 Å². The number of aliphatic carboxylic acids is 1. The number of likely N-dealkylation sites (tertiary alicyclic amines) is 2. The lowest BCUT2D eigenvalue weighted by Crippen LogP contribution is -2.45. The highest BCUT2D eigenvalue weighted by molar-refractivity contribution is 5.66. The van der Waals surface area contributed by atoms with Gasteiger partial charge in [-0.1, -0.05) is 6.42 Å². The molecule has 2 aliphatic heterocycles. The van der Waals surface area contributed by atoms with E-state index in [9.17, 15) is 4.79 Å². The first kappa shape index (κ1) is 15.8. The maximum absolute atomic E-state index is 10.6. The van der Waals surface area contributed by atoms with Gasteiger partial charge >= 0.3 is 5.97 Å². The predicted octanol–water partition coefficient (Wildman–Crippen LogP) is 2.44. The van der Waals surface area contributed by atoms with E-state index < -0.39 is 5.97 Å². The Labute approximate surface area is 123 Å². The summed E-state index contributed by atoms with van der Waals surface area (Å²) in [5.41, 5.74) is 0. The molecule has 116 valence electrons. The monoisotopic (exact) mass is 282 g/mol. The largest absolute Gasteiger partial charge is 0.481 e. The lowest BCUT2D eigenvalue weighted by molar-refractivity contribution is -0.137. The Hall–Kier alpha value is -0.610. The highest BCUT2D eigenvalue weighted by Crippen LogP contribution is 2.22. The molecule has 0 aromatic heterocycles. The van der Waals surface area contributed by atoms with Crippen LogP contribution in [0.3, 0.4) is 0 Å².